The minimum Gasteiger partial charge on any atom is -0.334 e. The van der Waals surface area contributed by atoms with E-state index in [9.17, 15) is 10.1 Å². The number of benzene rings is 1. The van der Waals surface area contributed by atoms with Crippen molar-refractivity contribution in [3.05, 3.63) is 56.2 Å². The van der Waals surface area contributed by atoms with Crippen LogP contribution in [0.1, 0.15) is 11.1 Å². The van der Waals surface area contributed by atoms with E-state index in [4.69, 9.17) is 0 Å². The Labute approximate surface area is 129 Å². The van der Waals surface area contributed by atoms with Crippen molar-refractivity contribution < 1.29 is 4.92 Å². The van der Waals surface area contributed by atoms with Crippen molar-refractivity contribution in [1.82, 2.24) is 10.3 Å². The number of rotatable bonds is 3. The number of fused-ring (bicyclic) bond motifs is 1. The summed E-state index contributed by atoms with van der Waals surface area (Å²) in [6, 6.07) is 7.39. The maximum absolute atomic E-state index is 11.1. The summed E-state index contributed by atoms with van der Waals surface area (Å²) < 4.78 is 0.582. The molecule has 6 nitrogen and oxygen atoms in total. The van der Waals surface area contributed by atoms with Crippen LogP contribution in [0.25, 0.3) is 0 Å². The molecule has 7 heteroatoms. The monoisotopic (exact) mass is 348 g/mol. The van der Waals surface area contributed by atoms with Gasteiger partial charge in [0.2, 0.25) is 5.82 Å². The zero-order valence-corrected chi connectivity index (χ0v) is 12.7. The van der Waals surface area contributed by atoms with Crippen LogP contribution < -0.4 is 10.6 Å². The molecule has 0 amide bonds. The number of hydrogen-bond acceptors (Lipinski definition) is 5. The molecule has 0 bridgehead atoms. The summed E-state index contributed by atoms with van der Waals surface area (Å²) in [7, 11) is 0. The highest BCUT2D eigenvalue weighted by atomic mass is 79.9. The third kappa shape index (κ3) is 2.88. The number of halogens is 1. The minimum atomic E-state index is -0.433. The molecule has 0 fully saturated rings. The highest BCUT2D eigenvalue weighted by Gasteiger charge is 2.19. The smallest absolute Gasteiger partial charge is 0.312 e. The Balaban J connectivity index is 2.00. The topological polar surface area (TPSA) is 80.1 Å². The molecular weight excluding hydrogens is 336 g/mol. The number of pyridine rings is 1. The lowest BCUT2D eigenvalue weighted by molar-refractivity contribution is -0.384. The van der Waals surface area contributed by atoms with Gasteiger partial charge in [-0.25, -0.2) is 4.98 Å². The Morgan fingerprint density at radius 2 is 2.29 bits per heavy atom. The molecule has 1 aromatic carbocycles. The lowest BCUT2D eigenvalue weighted by Gasteiger charge is -2.20. The van der Waals surface area contributed by atoms with E-state index in [1.807, 2.05) is 12.1 Å². The fourth-order valence-corrected chi connectivity index (χ4v) is 2.76. The Morgan fingerprint density at radius 1 is 1.43 bits per heavy atom. The molecular formula is C14H13BrN4O2. The molecule has 0 aliphatic carbocycles. The fourth-order valence-electron chi connectivity index (χ4n) is 2.44. The van der Waals surface area contributed by atoms with Crippen LogP contribution in [-0.2, 0) is 13.0 Å². The second kappa shape index (κ2) is 5.79. The Hall–Kier alpha value is -1.99. The second-order valence-corrected chi connectivity index (χ2v) is 5.69. The summed E-state index contributed by atoms with van der Waals surface area (Å²) in [6.07, 6.45) is 2.44. The van der Waals surface area contributed by atoms with Crippen molar-refractivity contribution in [2.75, 3.05) is 11.9 Å². The third-order valence-electron chi connectivity index (χ3n) is 3.42. The maximum Gasteiger partial charge on any atom is 0.312 e. The number of nitro groups is 1. The first-order valence-corrected chi connectivity index (χ1v) is 7.33. The van der Waals surface area contributed by atoms with Crippen LogP contribution in [0, 0.1) is 10.1 Å². The molecule has 2 N–H and O–H groups in total. The lowest BCUT2D eigenvalue weighted by atomic mass is 9.99. The highest BCUT2D eigenvalue weighted by molar-refractivity contribution is 9.10. The first-order chi connectivity index (χ1) is 10.1. The Bertz CT molecular complexity index is 705. The summed E-state index contributed by atoms with van der Waals surface area (Å²) in [4.78, 5) is 14.8. The number of aromatic nitrogens is 1. The fraction of sp³-hybridized carbons (Fsp3) is 0.214. The number of nitrogens with one attached hydrogen (secondary N) is 2. The largest absolute Gasteiger partial charge is 0.334 e. The zero-order chi connectivity index (χ0) is 14.8. The van der Waals surface area contributed by atoms with Gasteiger partial charge in [0.25, 0.3) is 0 Å². The molecule has 0 saturated carbocycles. The van der Waals surface area contributed by atoms with Crippen molar-refractivity contribution in [2.45, 2.75) is 13.0 Å². The molecule has 21 heavy (non-hydrogen) atoms. The van der Waals surface area contributed by atoms with E-state index in [-0.39, 0.29) is 11.5 Å². The molecule has 2 heterocycles. The van der Waals surface area contributed by atoms with E-state index in [0.717, 1.165) is 25.2 Å². The van der Waals surface area contributed by atoms with Gasteiger partial charge in [0, 0.05) is 29.0 Å². The van der Waals surface area contributed by atoms with E-state index in [0.29, 0.717) is 4.47 Å². The summed E-state index contributed by atoms with van der Waals surface area (Å²) in [6.45, 7) is 1.72. The SMILES string of the molecule is O=[N+]([O-])c1cc(Br)cnc1Nc1cccc2c1CCNC2. The lowest BCUT2D eigenvalue weighted by Crippen LogP contribution is -2.24. The van der Waals surface area contributed by atoms with Gasteiger partial charge in [0.1, 0.15) is 0 Å². The van der Waals surface area contributed by atoms with Crippen LogP contribution in [-0.4, -0.2) is 16.5 Å². The summed E-state index contributed by atoms with van der Waals surface area (Å²) in [5, 5.41) is 17.6. The van der Waals surface area contributed by atoms with Crippen molar-refractivity contribution in [3.8, 4) is 0 Å². The molecule has 0 unspecified atom stereocenters. The first kappa shape index (κ1) is 14.0. The quantitative estimate of drug-likeness (QED) is 0.657. The number of nitrogens with zero attached hydrogens (tertiary/aromatic N) is 2. The predicted octanol–water partition coefficient (Wildman–Crippen LogP) is 3.14. The van der Waals surface area contributed by atoms with E-state index in [1.54, 1.807) is 6.20 Å². The molecule has 1 aromatic heterocycles. The first-order valence-electron chi connectivity index (χ1n) is 6.53. The molecule has 0 atom stereocenters. The second-order valence-electron chi connectivity index (χ2n) is 4.77. The van der Waals surface area contributed by atoms with Gasteiger partial charge in [0.05, 0.1) is 4.92 Å². The van der Waals surface area contributed by atoms with Crippen molar-refractivity contribution in [1.29, 1.82) is 0 Å². The van der Waals surface area contributed by atoms with E-state index in [1.165, 1.54) is 17.2 Å². The Kier molecular flexibility index (Phi) is 3.85. The number of hydrogen-bond donors (Lipinski definition) is 2. The predicted molar refractivity (Wildman–Crippen MR) is 83.7 cm³/mol. The standard InChI is InChI=1S/C14H13BrN4O2/c15-10-6-13(19(20)21)14(17-8-10)18-12-3-1-2-9-7-16-5-4-11(9)12/h1-3,6,8,16H,4-5,7H2,(H,17,18). The molecule has 0 saturated heterocycles. The molecule has 0 radical (unpaired) electrons. The minimum absolute atomic E-state index is 0.0455. The van der Waals surface area contributed by atoms with Crippen LogP contribution in [0.5, 0.6) is 0 Å². The van der Waals surface area contributed by atoms with Gasteiger partial charge in [-0.3, -0.25) is 10.1 Å². The summed E-state index contributed by atoms with van der Waals surface area (Å²) in [5.74, 6) is 0.259. The molecule has 1 aliphatic heterocycles. The van der Waals surface area contributed by atoms with Gasteiger partial charge in [-0.2, -0.15) is 0 Å². The van der Waals surface area contributed by atoms with Gasteiger partial charge < -0.3 is 10.6 Å². The van der Waals surface area contributed by atoms with Crippen LogP contribution in [0.2, 0.25) is 0 Å². The van der Waals surface area contributed by atoms with Crippen LogP contribution in [0.4, 0.5) is 17.2 Å². The molecule has 1 aliphatic rings. The van der Waals surface area contributed by atoms with E-state index >= 15 is 0 Å². The Morgan fingerprint density at radius 3 is 3.10 bits per heavy atom. The molecule has 108 valence electrons. The van der Waals surface area contributed by atoms with Crippen molar-refractivity contribution >= 4 is 33.1 Å². The van der Waals surface area contributed by atoms with Crippen molar-refractivity contribution in [2.24, 2.45) is 0 Å². The normalized spacial score (nSPS) is 13.6. The van der Waals surface area contributed by atoms with Crippen LogP contribution in [0.3, 0.4) is 0 Å². The highest BCUT2D eigenvalue weighted by Crippen LogP contribution is 2.31. The van der Waals surface area contributed by atoms with Gasteiger partial charge in [-0.05, 0) is 46.1 Å². The maximum atomic E-state index is 11.1. The zero-order valence-electron chi connectivity index (χ0n) is 11.1. The van der Waals surface area contributed by atoms with Gasteiger partial charge in [-0.15, -0.1) is 0 Å². The molecule has 0 spiro atoms. The summed E-state index contributed by atoms with van der Waals surface area (Å²) in [5.41, 5.74) is 3.24. The van der Waals surface area contributed by atoms with Crippen LogP contribution >= 0.6 is 15.9 Å². The summed E-state index contributed by atoms with van der Waals surface area (Å²) >= 11 is 3.21. The molecule has 2 aromatic rings. The average Bonchev–Trinajstić information content (AvgIpc) is 2.49. The van der Waals surface area contributed by atoms with Crippen molar-refractivity contribution in [3.63, 3.8) is 0 Å². The van der Waals surface area contributed by atoms with Gasteiger partial charge in [0.15, 0.2) is 0 Å². The van der Waals surface area contributed by atoms with E-state index in [2.05, 4.69) is 37.6 Å². The van der Waals surface area contributed by atoms with Crippen LogP contribution in [0.15, 0.2) is 34.9 Å². The molecule has 3 rings (SSSR count). The number of anilines is 2. The third-order valence-corrected chi connectivity index (χ3v) is 3.86. The average molecular weight is 349 g/mol. The van der Waals surface area contributed by atoms with Gasteiger partial charge in [-0.1, -0.05) is 12.1 Å². The van der Waals surface area contributed by atoms with Gasteiger partial charge >= 0.3 is 5.69 Å². The van der Waals surface area contributed by atoms with E-state index < -0.39 is 4.92 Å².